The molecule has 1 amide bonds. The Bertz CT molecular complexity index is 1510. The molecular formula is C25H22N8O. The highest BCUT2D eigenvalue weighted by molar-refractivity contribution is 5.96. The van der Waals surface area contributed by atoms with Gasteiger partial charge >= 0.3 is 0 Å². The summed E-state index contributed by atoms with van der Waals surface area (Å²) in [6.45, 7) is 0. The first-order valence-electron chi connectivity index (χ1n) is 10.6. The quantitative estimate of drug-likeness (QED) is 0.446. The number of aromatic nitrogens is 6. The molecule has 0 saturated carbocycles. The number of anilines is 1. The van der Waals surface area contributed by atoms with Gasteiger partial charge in [-0.25, -0.2) is 19.9 Å². The van der Waals surface area contributed by atoms with Gasteiger partial charge in [0.2, 0.25) is 0 Å². The highest BCUT2D eigenvalue weighted by Crippen LogP contribution is 2.33. The molecule has 34 heavy (non-hydrogen) atoms. The van der Waals surface area contributed by atoms with Gasteiger partial charge in [0.1, 0.15) is 17.8 Å². The van der Waals surface area contributed by atoms with Crippen LogP contribution in [0.2, 0.25) is 0 Å². The van der Waals surface area contributed by atoms with Gasteiger partial charge in [0, 0.05) is 91.5 Å². The van der Waals surface area contributed by atoms with E-state index >= 15 is 0 Å². The predicted molar refractivity (Wildman–Crippen MR) is 131 cm³/mol. The summed E-state index contributed by atoms with van der Waals surface area (Å²) in [6, 6.07) is 7.53. The zero-order chi connectivity index (χ0) is 23.8. The first kappa shape index (κ1) is 21.2. The van der Waals surface area contributed by atoms with Crippen LogP contribution in [0.4, 0.5) is 5.82 Å². The summed E-state index contributed by atoms with van der Waals surface area (Å²) < 4.78 is 1.98. The normalized spacial score (nSPS) is 11.0. The van der Waals surface area contributed by atoms with Crippen molar-refractivity contribution >= 4 is 22.8 Å². The topological polar surface area (TPSA) is 116 Å². The van der Waals surface area contributed by atoms with Crippen LogP contribution in [0.1, 0.15) is 10.4 Å². The molecule has 0 aliphatic carbocycles. The van der Waals surface area contributed by atoms with Crippen molar-refractivity contribution < 1.29 is 4.79 Å². The molecule has 0 spiro atoms. The van der Waals surface area contributed by atoms with Crippen molar-refractivity contribution in [3.63, 3.8) is 0 Å². The molecule has 5 heterocycles. The molecule has 9 heteroatoms. The van der Waals surface area contributed by atoms with Crippen LogP contribution in [0, 0.1) is 0 Å². The molecule has 0 aliphatic heterocycles. The molecule has 0 aliphatic rings. The number of rotatable bonds is 4. The Kier molecular flexibility index (Phi) is 5.21. The largest absolute Gasteiger partial charge is 0.383 e. The van der Waals surface area contributed by atoms with E-state index in [1.165, 1.54) is 11.2 Å². The molecule has 2 N–H and O–H groups in total. The number of hydrogen-bond donors (Lipinski definition) is 1. The van der Waals surface area contributed by atoms with Gasteiger partial charge < -0.3 is 15.2 Å². The molecule has 5 rings (SSSR count). The number of nitrogens with zero attached hydrogens (tertiary/aromatic N) is 7. The van der Waals surface area contributed by atoms with E-state index in [9.17, 15) is 4.79 Å². The second kappa shape index (κ2) is 8.36. The monoisotopic (exact) mass is 450 g/mol. The second-order valence-electron chi connectivity index (χ2n) is 8.16. The number of fused-ring (bicyclic) bond motifs is 1. The second-order valence-corrected chi connectivity index (χ2v) is 8.16. The van der Waals surface area contributed by atoms with Gasteiger partial charge in [-0.15, -0.1) is 0 Å². The Labute approximate surface area is 196 Å². The molecular weight excluding hydrogens is 428 g/mol. The minimum atomic E-state index is -0.110. The van der Waals surface area contributed by atoms with E-state index in [1.807, 2.05) is 30.1 Å². The van der Waals surface area contributed by atoms with Crippen LogP contribution in [0.25, 0.3) is 44.5 Å². The average molecular weight is 451 g/mol. The fourth-order valence-electron chi connectivity index (χ4n) is 3.86. The lowest BCUT2D eigenvalue weighted by Gasteiger charge is -2.11. The Balaban J connectivity index is 1.57. The Morgan fingerprint density at radius 1 is 0.882 bits per heavy atom. The van der Waals surface area contributed by atoms with Crippen molar-refractivity contribution in [3.05, 3.63) is 73.3 Å². The maximum absolute atomic E-state index is 12.2. The van der Waals surface area contributed by atoms with Crippen molar-refractivity contribution in [3.8, 4) is 33.5 Å². The van der Waals surface area contributed by atoms with Gasteiger partial charge in [-0.05, 0) is 24.3 Å². The predicted octanol–water partition coefficient (Wildman–Crippen LogP) is 3.44. The molecule has 9 nitrogen and oxygen atoms in total. The average Bonchev–Trinajstić information content (AvgIpc) is 3.20. The third-order valence-corrected chi connectivity index (χ3v) is 5.63. The minimum absolute atomic E-state index is 0.110. The highest BCUT2D eigenvalue weighted by atomic mass is 16.2. The minimum Gasteiger partial charge on any atom is -0.383 e. The van der Waals surface area contributed by atoms with Gasteiger partial charge in [-0.2, -0.15) is 0 Å². The number of aryl methyl sites for hydroxylation is 1. The molecule has 0 saturated heterocycles. The highest BCUT2D eigenvalue weighted by Gasteiger charge is 2.15. The molecule has 0 unspecified atom stereocenters. The molecule has 0 atom stereocenters. The van der Waals surface area contributed by atoms with Gasteiger partial charge in [0.25, 0.3) is 5.91 Å². The number of carbonyl (C=O) groups is 1. The van der Waals surface area contributed by atoms with Crippen LogP contribution in [0.3, 0.4) is 0 Å². The fourth-order valence-corrected chi connectivity index (χ4v) is 3.86. The van der Waals surface area contributed by atoms with E-state index in [1.54, 1.807) is 51.0 Å². The van der Waals surface area contributed by atoms with Crippen molar-refractivity contribution in [1.29, 1.82) is 0 Å². The Hall–Kier alpha value is -4.66. The third-order valence-electron chi connectivity index (χ3n) is 5.63. The van der Waals surface area contributed by atoms with Crippen LogP contribution in [-0.2, 0) is 7.05 Å². The van der Waals surface area contributed by atoms with Crippen LogP contribution in [0.5, 0.6) is 0 Å². The van der Waals surface area contributed by atoms with E-state index in [0.717, 1.165) is 33.3 Å². The summed E-state index contributed by atoms with van der Waals surface area (Å²) >= 11 is 0. The van der Waals surface area contributed by atoms with Crippen LogP contribution >= 0.6 is 0 Å². The maximum atomic E-state index is 12.2. The standard InChI is InChI=1S/C25H22N8O/c1-32(2)25(34)15-4-5-22(29-10-15)20-7-17(11-30-23(20)26)16-6-19-21(18-8-27-14-28-9-18)13-33(3)24(19)31-12-16/h4-14H,1-3H3,(H2,26,30). The smallest absolute Gasteiger partial charge is 0.254 e. The lowest BCUT2D eigenvalue weighted by atomic mass is 10.0. The van der Waals surface area contributed by atoms with Gasteiger partial charge in [-0.1, -0.05) is 0 Å². The molecule has 0 fully saturated rings. The lowest BCUT2D eigenvalue weighted by molar-refractivity contribution is 0.0827. The first-order valence-corrected chi connectivity index (χ1v) is 10.6. The zero-order valence-electron chi connectivity index (χ0n) is 19.0. The molecule has 0 bridgehead atoms. The molecule has 0 aromatic carbocycles. The maximum Gasteiger partial charge on any atom is 0.254 e. The van der Waals surface area contributed by atoms with Crippen molar-refractivity contribution in [2.45, 2.75) is 0 Å². The summed E-state index contributed by atoms with van der Waals surface area (Å²) in [5.41, 5.74) is 12.5. The van der Waals surface area contributed by atoms with Crippen molar-refractivity contribution in [2.75, 3.05) is 19.8 Å². The van der Waals surface area contributed by atoms with Crippen LogP contribution < -0.4 is 5.73 Å². The molecule has 5 aromatic heterocycles. The van der Waals surface area contributed by atoms with Gasteiger partial charge in [0.05, 0.1) is 11.3 Å². The van der Waals surface area contributed by atoms with E-state index < -0.39 is 0 Å². The SMILES string of the molecule is CN(C)C(=O)c1ccc(-c2cc(-c3cnc4c(c3)c(-c3cncnc3)cn4C)cnc2N)nc1. The summed E-state index contributed by atoms with van der Waals surface area (Å²) in [5.74, 6) is 0.250. The lowest BCUT2D eigenvalue weighted by Crippen LogP contribution is -2.21. The molecule has 5 aromatic rings. The van der Waals surface area contributed by atoms with E-state index in [-0.39, 0.29) is 5.91 Å². The van der Waals surface area contributed by atoms with E-state index in [0.29, 0.717) is 22.6 Å². The summed E-state index contributed by atoms with van der Waals surface area (Å²) in [5, 5.41) is 0.984. The van der Waals surface area contributed by atoms with Crippen LogP contribution in [0.15, 0.2) is 67.8 Å². The van der Waals surface area contributed by atoms with Crippen LogP contribution in [-0.4, -0.2) is 54.4 Å². The number of nitrogens with two attached hydrogens (primary N) is 1. The Morgan fingerprint density at radius 2 is 1.62 bits per heavy atom. The van der Waals surface area contributed by atoms with Crippen molar-refractivity contribution in [1.82, 2.24) is 34.4 Å². The van der Waals surface area contributed by atoms with Gasteiger partial charge in [-0.3, -0.25) is 9.78 Å². The zero-order valence-corrected chi connectivity index (χ0v) is 19.0. The van der Waals surface area contributed by atoms with Gasteiger partial charge in [0.15, 0.2) is 0 Å². The number of carbonyl (C=O) groups excluding carboxylic acids is 1. The Morgan fingerprint density at radius 3 is 2.32 bits per heavy atom. The third kappa shape index (κ3) is 3.73. The number of nitrogen functional groups attached to an aromatic ring is 1. The molecule has 0 radical (unpaired) electrons. The fraction of sp³-hybridized carbons (Fsp3) is 0.120. The first-order chi connectivity index (χ1) is 16.4. The van der Waals surface area contributed by atoms with E-state index in [4.69, 9.17) is 5.73 Å². The number of amides is 1. The van der Waals surface area contributed by atoms with E-state index in [2.05, 4.69) is 31.0 Å². The molecule has 168 valence electrons. The summed E-state index contributed by atoms with van der Waals surface area (Å²) in [4.78, 5) is 35.5. The summed E-state index contributed by atoms with van der Waals surface area (Å²) in [6.07, 6.45) is 12.2. The summed E-state index contributed by atoms with van der Waals surface area (Å²) in [7, 11) is 5.37. The number of pyridine rings is 3. The number of hydrogen-bond acceptors (Lipinski definition) is 7. The van der Waals surface area contributed by atoms with Crippen molar-refractivity contribution in [2.24, 2.45) is 7.05 Å².